The lowest BCUT2D eigenvalue weighted by Gasteiger charge is -2.07. The van der Waals surface area contributed by atoms with Crippen LogP contribution in [0.2, 0.25) is 0 Å². The number of para-hydroxylation sites is 1. The number of nitrogens with two attached hydrogens (primary N) is 1. The summed E-state index contributed by atoms with van der Waals surface area (Å²) in [6.45, 7) is 4.21. The highest BCUT2D eigenvalue weighted by atomic mass is 16.1. The van der Waals surface area contributed by atoms with Gasteiger partial charge in [-0.25, -0.2) is 0 Å². The zero-order valence-corrected chi connectivity index (χ0v) is 9.63. The van der Waals surface area contributed by atoms with Crippen LogP contribution >= 0.6 is 0 Å². The van der Waals surface area contributed by atoms with Crippen molar-refractivity contribution < 1.29 is 4.79 Å². The second-order valence-corrected chi connectivity index (χ2v) is 3.47. The second-order valence-electron chi connectivity index (χ2n) is 3.47. The van der Waals surface area contributed by atoms with E-state index in [4.69, 9.17) is 5.73 Å². The number of carbonyl (C=O) groups excluding carboxylic acids is 1. The molecule has 16 heavy (non-hydrogen) atoms. The number of anilines is 1. The van der Waals surface area contributed by atoms with Crippen molar-refractivity contribution in [2.24, 2.45) is 0 Å². The van der Waals surface area contributed by atoms with Gasteiger partial charge < -0.3 is 11.1 Å². The third-order valence-corrected chi connectivity index (χ3v) is 2.28. The minimum Gasteiger partial charge on any atom is -0.398 e. The molecule has 0 atom stereocenters. The van der Waals surface area contributed by atoms with Gasteiger partial charge >= 0.3 is 0 Å². The molecular weight excluding hydrogens is 200 g/mol. The second kappa shape index (κ2) is 5.82. The van der Waals surface area contributed by atoms with Gasteiger partial charge in [0.1, 0.15) is 0 Å². The number of rotatable bonds is 3. The molecule has 1 amide bonds. The summed E-state index contributed by atoms with van der Waals surface area (Å²) in [5.41, 5.74) is 7.82. The molecule has 0 saturated heterocycles. The molecule has 0 fully saturated rings. The summed E-state index contributed by atoms with van der Waals surface area (Å²) < 4.78 is 0. The molecule has 0 aliphatic rings. The Bertz CT molecular complexity index is 441. The van der Waals surface area contributed by atoms with Gasteiger partial charge in [0.2, 0.25) is 0 Å². The summed E-state index contributed by atoms with van der Waals surface area (Å²) in [4.78, 5) is 11.7. The minimum atomic E-state index is -0.140. The zero-order chi connectivity index (χ0) is 12.0. The van der Waals surface area contributed by atoms with Crippen LogP contribution in [-0.2, 0) is 0 Å². The van der Waals surface area contributed by atoms with E-state index in [0.29, 0.717) is 24.2 Å². The van der Waals surface area contributed by atoms with Crippen molar-refractivity contribution in [2.45, 2.75) is 20.3 Å². The molecule has 0 aromatic heterocycles. The molecule has 0 unspecified atom stereocenters. The maximum Gasteiger partial charge on any atom is 0.253 e. The van der Waals surface area contributed by atoms with Crippen LogP contribution in [0.15, 0.2) is 18.2 Å². The molecular formula is C13H16N2O. The quantitative estimate of drug-likeness (QED) is 0.459. The molecule has 3 N–H and O–H groups in total. The van der Waals surface area contributed by atoms with Gasteiger partial charge in [-0.2, -0.15) is 0 Å². The number of aryl methyl sites for hydroxylation is 1. The number of nitrogen functional groups attached to an aromatic ring is 1. The van der Waals surface area contributed by atoms with E-state index in [1.807, 2.05) is 19.1 Å². The van der Waals surface area contributed by atoms with Gasteiger partial charge in [0.25, 0.3) is 5.91 Å². The van der Waals surface area contributed by atoms with Crippen molar-refractivity contribution in [2.75, 3.05) is 12.3 Å². The molecule has 0 heterocycles. The summed E-state index contributed by atoms with van der Waals surface area (Å²) in [5.74, 6) is 5.52. The van der Waals surface area contributed by atoms with Crippen molar-refractivity contribution in [3.05, 3.63) is 29.3 Å². The van der Waals surface area contributed by atoms with Crippen molar-refractivity contribution in [3.8, 4) is 11.8 Å². The molecule has 3 heteroatoms. The Morgan fingerprint density at radius 2 is 2.25 bits per heavy atom. The fourth-order valence-corrected chi connectivity index (χ4v) is 1.34. The average Bonchev–Trinajstić information content (AvgIpc) is 2.28. The fourth-order valence-electron chi connectivity index (χ4n) is 1.34. The van der Waals surface area contributed by atoms with Crippen LogP contribution in [0, 0.1) is 18.8 Å². The number of nitrogens with one attached hydrogen (secondary N) is 1. The Hall–Kier alpha value is -1.95. The van der Waals surface area contributed by atoms with Gasteiger partial charge in [-0.3, -0.25) is 4.79 Å². The largest absolute Gasteiger partial charge is 0.398 e. The molecule has 0 radical (unpaired) electrons. The maximum atomic E-state index is 11.7. The summed E-state index contributed by atoms with van der Waals surface area (Å²) in [5, 5.41) is 2.78. The van der Waals surface area contributed by atoms with E-state index in [1.54, 1.807) is 13.0 Å². The van der Waals surface area contributed by atoms with E-state index in [-0.39, 0.29) is 5.91 Å². The van der Waals surface area contributed by atoms with Crippen molar-refractivity contribution in [1.82, 2.24) is 5.32 Å². The lowest BCUT2D eigenvalue weighted by Crippen LogP contribution is -2.25. The summed E-state index contributed by atoms with van der Waals surface area (Å²) in [7, 11) is 0. The topological polar surface area (TPSA) is 55.1 Å². The Morgan fingerprint density at radius 3 is 2.94 bits per heavy atom. The Morgan fingerprint density at radius 1 is 1.50 bits per heavy atom. The van der Waals surface area contributed by atoms with E-state index in [9.17, 15) is 4.79 Å². The Labute approximate surface area is 96.0 Å². The molecule has 0 bridgehead atoms. The standard InChI is InChI=1S/C13H16N2O/c1-3-4-5-9-15-13(16)11-8-6-7-10(2)12(11)14/h6-8H,5,9,14H2,1-2H3,(H,15,16). The van der Waals surface area contributed by atoms with Crippen LogP contribution in [-0.4, -0.2) is 12.5 Å². The average molecular weight is 216 g/mol. The van der Waals surface area contributed by atoms with Gasteiger partial charge in [0, 0.05) is 18.7 Å². The van der Waals surface area contributed by atoms with Crippen LogP contribution in [0.4, 0.5) is 5.69 Å². The SMILES string of the molecule is CC#CCCNC(=O)c1cccc(C)c1N. The van der Waals surface area contributed by atoms with Crippen LogP contribution in [0.25, 0.3) is 0 Å². The van der Waals surface area contributed by atoms with E-state index in [1.165, 1.54) is 0 Å². The van der Waals surface area contributed by atoms with Crippen molar-refractivity contribution >= 4 is 11.6 Å². The maximum absolute atomic E-state index is 11.7. The molecule has 1 aromatic rings. The van der Waals surface area contributed by atoms with Crippen LogP contribution in [0.5, 0.6) is 0 Å². The number of benzene rings is 1. The lowest BCUT2D eigenvalue weighted by molar-refractivity contribution is 0.0955. The summed E-state index contributed by atoms with van der Waals surface area (Å²) in [6.07, 6.45) is 0.661. The Kier molecular flexibility index (Phi) is 4.41. The fraction of sp³-hybridized carbons (Fsp3) is 0.308. The molecule has 0 aliphatic carbocycles. The number of hydrogen-bond donors (Lipinski definition) is 2. The molecule has 0 aliphatic heterocycles. The Balaban J connectivity index is 2.65. The monoisotopic (exact) mass is 216 g/mol. The number of carbonyl (C=O) groups is 1. The summed E-state index contributed by atoms with van der Waals surface area (Å²) in [6, 6.07) is 5.43. The van der Waals surface area contributed by atoms with E-state index >= 15 is 0 Å². The molecule has 1 aromatic carbocycles. The minimum absolute atomic E-state index is 0.140. The highest BCUT2D eigenvalue weighted by Crippen LogP contribution is 2.15. The first-order valence-electron chi connectivity index (χ1n) is 5.19. The van der Waals surface area contributed by atoms with Crippen molar-refractivity contribution in [1.29, 1.82) is 0 Å². The third-order valence-electron chi connectivity index (χ3n) is 2.28. The smallest absolute Gasteiger partial charge is 0.253 e. The highest BCUT2D eigenvalue weighted by Gasteiger charge is 2.09. The number of hydrogen-bond acceptors (Lipinski definition) is 2. The van der Waals surface area contributed by atoms with Crippen LogP contribution in [0.3, 0.4) is 0 Å². The molecule has 84 valence electrons. The van der Waals surface area contributed by atoms with E-state index in [0.717, 1.165) is 5.56 Å². The highest BCUT2D eigenvalue weighted by molar-refractivity contribution is 5.99. The first-order chi connectivity index (χ1) is 7.66. The first-order valence-corrected chi connectivity index (χ1v) is 5.19. The summed E-state index contributed by atoms with van der Waals surface area (Å²) >= 11 is 0. The van der Waals surface area contributed by atoms with Crippen LogP contribution < -0.4 is 11.1 Å². The van der Waals surface area contributed by atoms with Crippen molar-refractivity contribution in [3.63, 3.8) is 0 Å². The lowest BCUT2D eigenvalue weighted by atomic mass is 10.1. The third kappa shape index (κ3) is 3.03. The normalized spacial score (nSPS) is 9.12. The van der Waals surface area contributed by atoms with Crippen LogP contribution in [0.1, 0.15) is 29.3 Å². The zero-order valence-electron chi connectivity index (χ0n) is 9.63. The molecule has 0 saturated carbocycles. The van der Waals surface area contributed by atoms with Gasteiger partial charge in [-0.15, -0.1) is 11.8 Å². The van der Waals surface area contributed by atoms with E-state index < -0.39 is 0 Å². The number of amides is 1. The molecule has 3 nitrogen and oxygen atoms in total. The van der Waals surface area contributed by atoms with E-state index in [2.05, 4.69) is 17.2 Å². The van der Waals surface area contributed by atoms with Gasteiger partial charge in [-0.05, 0) is 25.5 Å². The predicted octanol–water partition coefficient (Wildman–Crippen LogP) is 1.72. The van der Waals surface area contributed by atoms with Gasteiger partial charge in [0.05, 0.1) is 5.56 Å². The molecule has 0 spiro atoms. The predicted molar refractivity (Wildman–Crippen MR) is 66.0 cm³/mol. The first kappa shape index (κ1) is 12.1. The molecule has 1 rings (SSSR count). The van der Waals surface area contributed by atoms with Gasteiger partial charge in [-0.1, -0.05) is 12.1 Å². The van der Waals surface area contributed by atoms with Gasteiger partial charge in [0.15, 0.2) is 0 Å².